The van der Waals surface area contributed by atoms with E-state index < -0.39 is 16.5 Å². The average molecular weight is 359 g/mol. The first-order chi connectivity index (χ1) is 12.5. The van der Waals surface area contributed by atoms with E-state index in [1.807, 2.05) is 0 Å². The maximum atomic E-state index is 12.1. The van der Waals surface area contributed by atoms with Crippen molar-refractivity contribution in [3.8, 4) is 23.0 Å². The van der Waals surface area contributed by atoms with E-state index in [-0.39, 0.29) is 29.4 Å². The largest absolute Gasteiger partial charge is 0.504 e. The number of phenolic OH excluding ortho intramolecular Hbond substituents is 1. The van der Waals surface area contributed by atoms with Gasteiger partial charge in [0, 0.05) is 5.56 Å². The second-order valence-corrected chi connectivity index (χ2v) is 5.08. The highest BCUT2D eigenvalue weighted by Crippen LogP contribution is 2.38. The van der Waals surface area contributed by atoms with Crippen LogP contribution in [0.15, 0.2) is 35.4 Å². The van der Waals surface area contributed by atoms with Gasteiger partial charge in [-0.25, -0.2) is 5.43 Å². The third-order valence-electron chi connectivity index (χ3n) is 3.53. The number of aromatic hydroxyl groups is 1. The maximum absolute atomic E-state index is 12.1. The number of nitrogens with zero attached hydrogens (tertiary/aromatic N) is 2. The number of amides is 1. The first-order valence-corrected chi connectivity index (χ1v) is 7.28. The number of carbonyl (C=O) groups is 1. The van der Waals surface area contributed by atoms with Crippen LogP contribution in [0.2, 0.25) is 0 Å². The van der Waals surface area contributed by atoms with E-state index in [0.29, 0.717) is 11.5 Å². The van der Waals surface area contributed by atoms with Gasteiger partial charge in [0.25, 0.3) is 5.91 Å². The van der Waals surface area contributed by atoms with Crippen LogP contribution in [0.3, 0.4) is 0 Å². The molecule has 26 heavy (non-hydrogen) atoms. The quantitative estimate of drug-likeness (QED) is 0.472. The zero-order valence-electron chi connectivity index (χ0n) is 13.5. The Hall–Kier alpha value is -3.82. The summed E-state index contributed by atoms with van der Waals surface area (Å²) in [4.78, 5) is 22.6. The van der Waals surface area contributed by atoms with Gasteiger partial charge in [-0.3, -0.25) is 14.9 Å². The van der Waals surface area contributed by atoms with Crippen molar-refractivity contribution < 1.29 is 29.0 Å². The van der Waals surface area contributed by atoms with Gasteiger partial charge in [0.15, 0.2) is 17.2 Å². The van der Waals surface area contributed by atoms with Crippen LogP contribution in [0, 0.1) is 10.1 Å². The van der Waals surface area contributed by atoms with Crippen molar-refractivity contribution in [2.24, 2.45) is 5.10 Å². The Morgan fingerprint density at radius 1 is 1.35 bits per heavy atom. The van der Waals surface area contributed by atoms with Crippen LogP contribution in [0.5, 0.6) is 23.0 Å². The average Bonchev–Trinajstić information content (AvgIpc) is 3.09. The SMILES string of the molecule is COc1c(O)ccc(/C=N/NC(=O)c2ccc3c(c2)OCO3)c1[N+](=O)[O-]. The van der Waals surface area contributed by atoms with Crippen molar-refractivity contribution in [2.45, 2.75) is 0 Å². The Kier molecular flexibility index (Phi) is 4.56. The third kappa shape index (κ3) is 3.20. The molecule has 0 aliphatic carbocycles. The fraction of sp³-hybridized carbons (Fsp3) is 0.125. The van der Waals surface area contributed by atoms with Crippen molar-refractivity contribution in [1.82, 2.24) is 5.43 Å². The summed E-state index contributed by atoms with van der Waals surface area (Å²) in [5.41, 5.74) is 2.13. The highest BCUT2D eigenvalue weighted by molar-refractivity contribution is 5.96. The van der Waals surface area contributed by atoms with Crippen molar-refractivity contribution in [1.29, 1.82) is 0 Å². The standard InChI is InChI=1S/C16H13N3O7/c1-24-15-11(20)4-2-10(14(15)19(22)23)7-17-18-16(21)9-3-5-12-13(6-9)26-8-25-12/h2-7,20H,8H2,1H3,(H,18,21)/b17-7+. The Morgan fingerprint density at radius 2 is 2.12 bits per heavy atom. The lowest BCUT2D eigenvalue weighted by molar-refractivity contribution is -0.386. The number of fused-ring (bicyclic) bond motifs is 1. The Bertz CT molecular complexity index is 911. The molecule has 0 saturated carbocycles. The summed E-state index contributed by atoms with van der Waals surface area (Å²) >= 11 is 0. The molecule has 2 N–H and O–H groups in total. The summed E-state index contributed by atoms with van der Waals surface area (Å²) in [6.07, 6.45) is 1.09. The van der Waals surface area contributed by atoms with Gasteiger partial charge in [0.1, 0.15) is 0 Å². The van der Waals surface area contributed by atoms with E-state index in [9.17, 15) is 20.0 Å². The number of nitro benzene ring substituents is 1. The van der Waals surface area contributed by atoms with Crippen molar-refractivity contribution >= 4 is 17.8 Å². The molecule has 0 saturated heterocycles. The molecule has 0 aromatic heterocycles. The van der Waals surface area contributed by atoms with Crippen LogP contribution in [-0.4, -0.2) is 36.1 Å². The van der Waals surface area contributed by atoms with Crippen LogP contribution < -0.4 is 19.6 Å². The number of hydrogen-bond donors (Lipinski definition) is 2. The second kappa shape index (κ2) is 6.97. The molecule has 0 spiro atoms. The van der Waals surface area contributed by atoms with E-state index in [1.54, 1.807) is 6.07 Å². The highest BCUT2D eigenvalue weighted by Gasteiger charge is 2.23. The molecule has 3 rings (SSSR count). The van der Waals surface area contributed by atoms with E-state index in [1.165, 1.54) is 31.4 Å². The molecule has 0 atom stereocenters. The molecule has 0 unspecified atom stereocenters. The Morgan fingerprint density at radius 3 is 2.85 bits per heavy atom. The van der Waals surface area contributed by atoms with E-state index >= 15 is 0 Å². The van der Waals surface area contributed by atoms with Crippen molar-refractivity contribution in [2.75, 3.05) is 13.9 Å². The maximum Gasteiger partial charge on any atom is 0.323 e. The first kappa shape index (κ1) is 17.0. The van der Waals surface area contributed by atoms with Gasteiger partial charge in [0.2, 0.25) is 12.5 Å². The molecule has 0 radical (unpaired) electrons. The van der Waals surface area contributed by atoms with Crippen LogP contribution >= 0.6 is 0 Å². The van der Waals surface area contributed by atoms with Gasteiger partial charge in [0.05, 0.1) is 23.8 Å². The predicted octanol–water partition coefficient (Wildman–Crippen LogP) is 1.80. The molecule has 0 bridgehead atoms. The molecule has 1 amide bonds. The lowest BCUT2D eigenvalue weighted by Crippen LogP contribution is -2.17. The van der Waals surface area contributed by atoms with E-state index in [4.69, 9.17) is 14.2 Å². The minimum absolute atomic E-state index is 0.0515. The number of rotatable bonds is 5. The lowest BCUT2D eigenvalue weighted by Gasteiger charge is -2.06. The molecule has 10 heteroatoms. The van der Waals surface area contributed by atoms with Gasteiger partial charge in [-0.15, -0.1) is 0 Å². The highest BCUT2D eigenvalue weighted by atomic mass is 16.7. The Balaban J connectivity index is 1.78. The fourth-order valence-electron chi connectivity index (χ4n) is 2.33. The minimum atomic E-state index is -0.709. The number of hydrazone groups is 1. The molecule has 10 nitrogen and oxygen atoms in total. The number of methoxy groups -OCH3 is 1. The summed E-state index contributed by atoms with van der Waals surface area (Å²) in [5, 5.41) is 24.6. The summed E-state index contributed by atoms with van der Waals surface area (Å²) in [5.74, 6) is -0.216. The first-order valence-electron chi connectivity index (χ1n) is 7.28. The van der Waals surface area contributed by atoms with Crippen molar-refractivity contribution in [3.63, 3.8) is 0 Å². The summed E-state index contributed by atoms with van der Waals surface area (Å²) in [6.45, 7) is 0.0882. The minimum Gasteiger partial charge on any atom is -0.504 e. The number of nitrogens with one attached hydrogen (secondary N) is 1. The molecule has 1 aliphatic heterocycles. The number of benzene rings is 2. The van der Waals surface area contributed by atoms with Gasteiger partial charge < -0.3 is 19.3 Å². The van der Waals surface area contributed by atoms with Crippen molar-refractivity contribution in [3.05, 3.63) is 51.6 Å². The number of hydrogen-bond acceptors (Lipinski definition) is 8. The molecule has 1 aliphatic rings. The third-order valence-corrected chi connectivity index (χ3v) is 3.53. The molecule has 134 valence electrons. The monoisotopic (exact) mass is 359 g/mol. The number of nitro groups is 1. The Labute approximate surface area is 146 Å². The molecule has 1 heterocycles. The topological polar surface area (TPSA) is 133 Å². The van der Waals surface area contributed by atoms with Crippen LogP contribution in [0.4, 0.5) is 5.69 Å². The smallest absolute Gasteiger partial charge is 0.323 e. The summed E-state index contributed by atoms with van der Waals surface area (Å²) in [7, 11) is 1.20. The van der Waals surface area contributed by atoms with Gasteiger partial charge in [-0.05, 0) is 30.3 Å². The fourth-order valence-corrected chi connectivity index (χ4v) is 2.33. The van der Waals surface area contributed by atoms with Crippen LogP contribution in [-0.2, 0) is 0 Å². The number of ether oxygens (including phenoxy) is 3. The normalized spacial score (nSPS) is 12.2. The van der Waals surface area contributed by atoms with Crippen LogP contribution in [0.1, 0.15) is 15.9 Å². The molecule has 2 aromatic rings. The molecular weight excluding hydrogens is 346 g/mol. The zero-order chi connectivity index (χ0) is 18.7. The lowest BCUT2D eigenvalue weighted by atomic mass is 10.1. The predicted molar refractivity (Wildman–Crippen MR) is 88.9 cm³/mol. The van der Waals surface area contributed by atoms with Crippen LogP contribution in [0.25, 0.3) is 0 Å². The molecule has 0 fully saturated rings. The van der Waals surface area contributed by atoms with Gasteiger partial charge >= 0.3 is 5.69 Å². The summed E-state index contributed by atoms with van der Waals surface area (Å²) < 4.78 is 15.2. The van der Waals surface area contributed by atoms with E-state index in [2.05, 4.69) is 10.5 Å². The van der Waals surface area contributed by atoms with Gasteiger partial charge in [-0.2, -0.15) is 5.10 Å². The zero-order valence-corrected chi connectivity index (χ0v) is 13.5. The molecule has 2 aromatic carbocycles. The molecular formula is C16H13N3O7. The van der Waals surface area contributed by atoms with E-state index in [0.717, 1.165) is 6.21 Å². The van der Waals surface area contributed by atoms with Gasteiger partial charge in [-0.1, -0.05) is 0 Å². The number of phenols is 1. The number of carbonyl (C=O) groups excluding carboxylic acids is 1. The summed E-state index contributed by atoms with van der Waals surface area (Å²) in [6, 6.07) is 7.14. The second-order valence-electron chi connectivity index (χ2n) is 5.08.